The molecule has 0 radical (unpaired) electrons. The highest BCUT2D eigenvalue weighted by atomic mass is 32.1. The Morgan fingerprint density at radius 2 is 2.00 bits per heavy atom. The van der Waals surface area contributed by atoms with Crippen LogP contribution in [-0.4, -0.2) is 14.3 Å². The highest BCUT2D eigenvalue weighted by molar-refractivity contribution is 7.05. The van der Waals surface area contributed by atoms with E-state index in [-0.39, 0.29) is 0 Å². The van der Waals surface area contributed by atoms with Gasteiger partial charge in [0.25, 0.3) is 0 Å². The second-order valence-electron chi connectivity index (χ2n) is 2.43. The molecule has 2 aromatic rings. The largest absolute Gasteiger partial charge is 0.262 e. The number of pyridine rings is 1. The van der Waals surface area contributed by atoms with Crippen molar-refractivity contribution in [1.29, 1.82) is 0 Å². The molecule has 68 valence electrons. The molecule has 0 aliphatic rings. The van der Waals surface area contributed by atoms with E-state index in [4.69, 9.17) is 0 Å². The molecule has 0 atom stereocenters. The van der Waals surface area contributed by atoms with Gasteiger partial charge in [-0.05, 0) is 37.5 Å². The van der Waals surface area contributed by atoms with E-state index in [1.807, 2.05) is 32.0 Å². The van der Waals surface area contributed by atoms with E-state index in [1.165, 1.54) is 11.5 Å². The van der Waals surface area contributed by atoms with Crippen LogP contribution < -0.4 is 0 Å². The lowest BCUT2D eigenvalue weighted by Crippen LogP contribution is -1.72. The fourth-order valence-corrected chi connectivity index (χ4v) is 1.02. The predicted octanol–water partition coefficient (Wildman–Crippen LogP) is 2.24. The average molecular weight is 193 g/mol. The monoisotopic (exact) mass is 193 g/mol. The Bertz CT molecular complexity index is 318. The Hall–Kier alpha value is -1.29. The zero-order chi connectivity index (χ0) is 9.52. The third-order valence-electron chi connectivity index (χ3n) is 1.28. The predicted molar refractivity (Wildman–Crippen MR) is 53.6 cm³/mol. The molecule has 2 aromatic heterocycles. The summed E-state index contributed by atoms with van der Waals surface area (Å²) in [5, 5.41) is 1.02. The summed E-state index contributed by atoms with van der Waals surface area (Å²) in [6.45, 7) is 3.90. The van der Waals surface area contributed by atoms with Gasteiger partial charge in [0.05, 0.1) is 0 Å². The first-order valence-corrected chi connectivity index (χ1v) is 4.67. The van der Waals surface area contributed by atoms with Gasteiger partial charge in [-0.2, -0.15) is 4.37 Å². The zero-order valence-corrected chi connectivity index (χ0v) is 8.45. The van der Waals surface area contributed by atoms with E-state index in [2.05, 4.69) is 14.3 Å². The molecule has 0 N–H and O–H groups in total. The van der Waals surface area contributed by atoms with Gasteiger partial charge in [0, 0.05) is 11.9 Å². The Kier molecular flexibility index (Phi) is 4.05. The van der Waals surface area contributed by atoms with Crippen LogP contribution in [-0.2, 0) is 0 Å². The van der Waals surface area contributed by atoms with E-state index in [0.29, 0.717) is 0 Å². The lowest BCUT2D eigenvalue weighted by Gasteiger charge is -1.82. The molecule has 3 nitrogen and oxygen atoms in total. The van der Waals surface area contributed by atoms with Gasteiger partial charge in [0.1, 0.15) is 11.3 Å². The van der Waals surface area contributed by atoms with Crippen molar-refractivity contribution >= 4 is 11.5 Å². The molecule has 0 aliphatic carbocycles. The van der Waals surface area contributed by atoms with Crippen LogP contribution in [0.2, 0.25) is 0 Å². The van der Waals surface area contributed by atoms with Crippen molar-refractivity contribution in [2.24, 2.45) is 0 Å². The van der Waals surface area contributed by atoms with Gasteiger partial charge in [-0.15, -0.1) is 0 Å². The van der Waals surface area contributed by atoms with Crippen molar-refractivity contribution in [3.8, 4) is 0 Å². The van der Waals surface area contributed by atoms with E-state index in [9.17, 15) is 0 Å². The summed E-state index contributed by atoms with van der Waals surface area (Å²) in [6, 6.07) is 5.86. The first-order chi connectivity index (χ1) is 6.29. The molecule has 0 saturated carbocycles. The number of aromatic nitrogens is 3. The van der Waals surface area contributed by atoms with Gasteiger partial charge < -0.3 is 0 Å². The summed E-state index contributed by atoms with van der Waals surface area (Å²) in [5.74, 6) is 0. The molecular formula is C9H11N3S. The average Bonchev–Trinajstić information content (AvgIpc) is 2.58. The molecule has 0 aromatic carbocycles. The maximum absolute atomic E-state index is 3.98. The van der Waals surface area contributed by atoms with E-state index in [0.717, 1.165) is 10.7 Å². The summed E-state index contributed by atoms with van der Waals surface area (Å²) >= 11 is 1.42. The lowest BCUT2D eigenvalue weighted by molar-refractivity contribution is 1.20. The number of hydrogen-bond acceptors (Lipinski definition) is 4. The SMILES string of the molecule is Cc1ccccn1.Cc1ncns1. The van der Waals surface area contributed by atoms with Crippen LogP contribution in [0.15, 0.2) is 30.7 Å². The Balaban J connectivity index is 0.000000132. The van der Waals surface area contributed by atoms with Crippen LogP contribution in [0.5, 0.6) is 0 Å². The minimum Gasteiger partial charge on any atom is -0.262 e. The van der Waals surface area contributed by atoms with Crippen molar-refractivity contribution in [2.75, 3.05) is 0 Å². The number of hydrogen-bond donors (Lipinski definition) is 0. The molecular weight excluding hydrogens is 182 g/mol. The molecule has 0 spiro atoms. The summed E-state index contributed by atoms with van der Waals surface area (Å²) in [5.41, 5.74) is 1.07. The van der Waals surface area contributed by atoms with Gasteiger partial charge in [-0.3, -0.25) is 4.98 Å². The van der Waals surface area contributed by atoms with Crippen molar-refractivity contribution in [2.45, 2.75) is 13.8 Å². The molecule has 13 heavy (non-hydrogen) atoms. The minimum atomic E-state index is 1.02. The smallest absolute Gasteiger partial charge is 0.129 e. The van der Waals surface area contributed by atoms with Crippen molar-refractivity contribution in [3.63, 3.8) is 0 Å². The third kappa shape index (κ3) is 4.32. The first kappa shape index (κ1) is 9.80. The van der Waals surface area contributed by atoms with Crippen molar-refractivity contribution in [1.82, 2.24) is 14.3 Å². The topological polar surface area (TPSA) is 38.7 Å². The van der Waals surface area contributed by atoms with Crippen LogP contribution >= 0.6 is 11.5 Å². The fourth-order valence-electron chi connectivity index (χ4n) is 0.676. The molecule has 0 fully saturated rings. The second kappa shape index (κ2) is 5.37. The summed E-state index contributed by atoms with van der Waals surface area (Å²) in [7, 11) is 0. The lowest BCUT2D eigenvalue weighted by atomic mass is 10.4. The van der Waals surface area contributed by atoms with Crippen LogP contribution in [0.1, 0.15) is 10.7 Å². The Labute approximate surface area is 81.7 Å². The molecule has 0 aliphatic heterocycles. The zero-order valence-electron chi connectivity index (χ0n) is 7.64. The van der Waals surface area contributed by atoms with Crippen LogP contribution in [0.3, 0.4) is 0 Å². The molecule has 2 rings (SSSR count). The second-order valence-corrected chi connectivity index (χ2v) is 3.42. The first-order valence-electron chi connectivity index (χ1n) is 3.90. The molecule has 2 heterocycles. The van der Waals surface area contributed by atoms with E-state index < -0.39 is 0 Å². The van der Waals surface area contributed by atoms with Gasteiger partial charge in [0.15, 0.2) is 0 Å². The quantitative estimate of drug-likeness (QED) is 0.644. The van der Waals surface area contributed by atoms with Gasteiger partial charge in [-0.1, -0.05) is 6.07 Å². The fraction of sp³-hybridized carbons (Fsp3) is 0.222. The van der Waals surface area contributed by atoms with Crippen LogP contribution in [0.25, 0.3) is 0 Å². The number of rotatable bonds is 0. The Morgan fingerprint density at radius 1 is 1.15 bits per heavy atom. The van der Waals surface area contributed by atoms with Gasteiger partial charge >= 0.3 is 0 Å². The molecule has 0 saturated heterocycles. The maximum Gasteiger partial charge on any atom is 0.129 e. The Morgan fingerprint density at radius 3 is 2.23 bits per heavy atom. The van der Waals surface area contributed by atoms with Gasteiger partial charge in [-0.25, -0.2) is 4.98 Å². The maximum atomic E-state index is 3.98. The van der Waals surface area contributed by atoms with Gasteiger partial charge in [0.2, 0.25) is 0 Å². The summed E-state index contributed by atoms with van der Waals surface area (Å²) < 4.78 is 3.75. The molecule has 4 heteroatoms. The summed E-state index contributed by atoms with van der Waals surface area (Å²) in [4.78, 5) is 7.80. The molecule has 0 amide bonds. The summed E-state index contributed by atoms with van der Waals surface area (Å²) in [6.07, 6.45) is 3.34. The minimum absolute atomic E-state index is 1.02. The van der Waals surface area contributed by atoms with Crippen LogP contribution in [0.4, 0.5) is 0 Å². The third-order valence-corrected chi connectivity index (χ3v) is 1.85. The number of aryl methyl sites for hydroxylation is 2. The molecule has 0 unspecified atom stereocenters. The highest BCUT2D eigenvalue weighted by Crippen LogP contribution is 1.92. The van der Waals surface area contributed by atoms with Crippen molar-refractivity contribution in [3.05, 3.63) is 41.4 Å². The van der Waals surface area contributed by atoms with E-state index in [1.54, 1.807) is 12.5 Å². The van der Waals surface area contributed by atoms with E-state index >= 15 is 0 Å². The highest BCUT2D eigenvalue weighted by Gasteiger charge is 1.78. The molecule has 0 bridgehead atoms. The van der Waals surface area contributed by atoms with Crippen LogP contribution in [0, 0.1) is 13.8 Å². The standard InChI is InChI=1S/C6H7N.C3H4N2S/c1-6-4-2-3-5-7-6;1-3-4-2-5-6-3/h2-5H,1H3;2H,1H3. The van der Waals surface area contributed by atoms with Crippen molar-refractivity contribution < 1.29 is 0 Å². The number of nitrogens with zero attached hydrogens (tertiary/aromatic N) is 3. The normalized spacial score (nSPS) is 8.77.